The molecule has 1 aromatic carbocycles. The molecule has 4 nitrogen and oxygen atoms in total. The molecule has 8 heteroatoms. The molecule has 1 amide bonds. The van der Waals surface area contributed by atoms with Gasteiger partial charge >= 0.3 is 0 Å². The fraction of sp³-hybridized carbons (Fsp3) is 0.200. The number of phenols is 1. The lowest BCUT2D eigenvalue weighted by molar-refractivity contribution is 0.0949. The number of thiocarbonyl (C=S) groups is 1. The monoisotopic (exact) mass is 278 g/mol. The maximum Gasteiger partial charge on any atom is 0.254 e. The van der Waals surface area contributed by atoms with E-state index in [0.29, 0.717) is 6.07 Å². The number of amides is 1. The highest BCUT2D eigenvalue weighted by Gasteiger charge is 2.22. The van der Waals surface area contributed by atoms with Gasteiger partial charge in [-0.1, -0.05) is 12.2 Å². The number of benzene rings is 1. The lowest BCUT2D eigenvalue weighted by Crippen LogP contribution is -2.28. The fourth-order valence-corrected chi connectivity index (χ4v) is 1.25. The molecule has 4 N–H and O–H groups in total. The summed E-state index contributed by atoms with van der Waals surface area (Å²) in [5.41, 5.74) is 4.37. The third-order valence-corrected chi connectivity index (χ3v) is 2.24. The van der Waals surface area contributed by atoms with Gasteiger partial charge in [-0.3, -0.25) is 4.79 Å². The third kappa shape index (κ3) is 3.10. The summed E-state index contributed by atoms with van der Waals surface area (Å²) < 4.78 is 39.0. The van der Waals surface area contributed by atoms with Crippen LogP contribution in [0.5, 0.6) is 5.75 Å². The van der Waals surface area contributed by atoms with Crippen molar-refractivity contribution < 1.29 is 23.1 Å². The molecule has 0 aliphatic rings. The van der Waals surface area contributed by atoms with Crippen molar-refractivity contribution in [1.29, 1.82) is 0 Å². The van der Waals surface area contributed by atoms with E-state index in [0.717, 1.165) is 0 Å². The van der Waals surface area contributed by atoms with Gasteiger partial charge < -0.3 is 16.2 Å². The number of halogens is 3. The highest BCUT2D eigenvalue weighted by molar-refractivity contribution is 7.80. The van der Waals surface area contributed by atoms with Gasteiger partial charge in [-0.15, -0.1) is 0 Å². The fourth-order valence-electron chi connectivity index (χ4n) is 1.15. The van der Waals surface area contributed by atoms with Crippen LogP contribution in [-0.4, -0.2) is 22.5 Å². The van der Waals surface area contributed by atoms with Crippen molar-refractivity contribution in [3.8, 4) is 5.75 Å². The van der Waals surface area contributed by atoms with Crippen molar-refractivity contribution in [2.75, 3.05) is 6.54 Å². The van der Waals surface area contributed by atoms with Gasteiger partial charge in [0, 0.05) is 13.0 Å². The average molecular weight is 278 g/mol. The van der Waals surface area contributed by atoms with Gasteiger partial charge in [-0.2, -0.15) is 4.39 Å². The minimum absolute atomic E-state index is 0.0212. The van der Waals surface area contributed by atoms with E-state index in [1.807, 2.05) is 0 Å². The number of rotatable bonds is 4. The van der Waals surface area contributed by atoms with Crippen molar-refractivity contribution >= 4 is 23.1 Å². The Morgan fingerprint density at radius 2 is 2.00 bits per heavy atom. The number of carbonyl (C=O) groups excluding carboxylic acids is 1. The van der Waals surface area contributed by atoms with Crippen LogP contribution in [0.2, 0.25) is 0 Å². The molecule has 0 aliphatic carbocycles. The Balaban J connectivity index is 2.90. The molecule has 0 aliphatic heterocycles. The third-order valence-electron chi connectivity index (χ3n) is 2.03. The van der Waals surface area contributed by atoms with Gasteiger partial charge in [-0.25, -0.2) is 8.78 Å². The summed E-state index contributed by atoms with van der Waals surface area (Å²) in [6.07, 6.45) is 0.179. The molecule has 0 radical (unpaired) electrons. The summed E-state index contributed by atoms with van der Waals surface area (Å²) in [7, 11) is 0. The molecular weight excluding hydrogens is 269 g/mol. The minimum atomic E-state index is -1.74. The van der Waals surface area contributed by atoms with Crippen LogP contribution in [0, 0.1) is 17.5 Å². The topological polar surface area (TPSA) is 75.3 Å². The second-order valence-electron chi connectivity index (χ2n) is 3.35. The Morgan fingerprint density at radius 1 is 1.39 bits per heavy atom. The van der Waals surface area contributed by atoms with Crippen LogP contribution in [0.25, 0.3) is 0 Å². The standard InChI is InChI=1S/C10H9F3N2O2S/c11-5-3-4(7(12)9(16)8(5)13)10(17)15-2-1-6(14)18/h3,16H,1-2H2,(H2,14,18)(H,15,17). The first-order chi connectivity index (χ1) is 8.34. The minimum Gasteiger partial charge on any atom is -0.503 e. The Morgan fingerprint density at radius 3 is 2.56 bits per heavy atom. The molecule has 0 aromatic heterocycles. The molecular formula is C10H9F3N2O2S. The highest BCUT2D eigenvalue weighted by atomic mass is 32.1. The van der Waals surface area contributed by atoms with Crippen molar-refractivity contribution in [1.82, 2.24) is 5.32 Å². The zero-order valence-electron chi connectivity index (χ0n) is 8.97. The van der Waals surface area contributed by atoms with E-state index in [4.69, 9.17) is 10.8 Å². The molecule has 0 saturated heterocycles. The second kappa shape index (κ2) is 5.67. The molecule has 0 atom stereocenters. The van der Waals surface area contributed by atoms with Gasteiger partial charge in [-0.05, 0) is 6.07 Å². The molecule has 0 fully saturated rings. The first kappa shape index (κ1) is 14.2. The summed E-state index contributed by atoms with van der Waals surface area (Å²) in [5.74, 6) is -7.32. The molecule has 0 spiro atoms. The van der Waals surface area contributed by atoms with E-state index < -0.39 is 34.7 Å². The van der Waals surface area contributed by atoms with Crippen molar-refractivity contribution in [3.05, 3.63) is 29.1 Å². The van der Waals surface area contributed by atoms with Crippen molar-refractivity contribution in [3.63, 3.8) is 0 Å². The predicted molar refractivity (Wildman–Crippen MR) is 61.7 cm³/mol. The van der Waals surface area contributed by atoms with Crippen molar-refractivity contribution in [2.24, 2.45) is 5.73 Å². The molecule has 98 valence electrons. The molecule has 18 heavy (non-hydrogen) atoms. The number of nitrogens with one attached hydrogen (secondary N) is 1. The molecule has 0 heterocycles. The largest absolute Gasteiger partial charge is 0.503 e. The van der Waals surface area contributed by atoms with Gasteiger partial charge in [0.05, 0.1) is 10.6 Å². The predicted octanol–water partition coefficient (Wildman–Crippen LogP) is 1.22. The van der Waals surface area contributed by atoms with Crippen LogP contribution in [-0.2, 0) is 0 Å². The van der Waals surface area contributed by atoms with Crippen LogP contribution in [0.3, 0.4) is 0 Å². The van der Waals surface area contributed by atoms with E-state index in [9.17, 15) is 18.0 Å². The maximum absolute atomic E-state index is 13.3. The van der Waals surface area contributed by atoms with E-state index in [1.165, 1.54) is 0 Å². The van der Waals surface area contributed by atoms with Crippen molar-refractivity contribution in [2.45, 2.75) is 6.42 Å². The number of carbonyl (C=O) groups is 1. The maximum atomic E-state index is 13.3. The summed E-state index contributed by atoms with van der Waals surface area (Å²) in [6.45, 7) is 0.0212. The zero-order valence-corrected chi connectivity index (χ0v) is 9.78. The molecule has 0 bridgehead atoms. The Labute approximate surface area is 106 Å². The van der Waals surface area contributed by atoms with E-state index in [1.54, 1.807) is 0 Å². The summed E-state index contributed by atoms with van der Waals surface area (Å²) in [5, 5.41) is 11.1. The number of nitrogens with two attached hydrogens (primary N) is 1. The molecule has 1 aromatic rings. The van der Waals surface area contributed by atoms with Crippen LogP contribution in [0.15, 0.2) is 6.07 Å². The normalized spacial score (nSPS) is 10.2. The lowest BCUT2D eigenvalue weighted by atomic mass is 10.1. The molecule has 0 saturated carbocycles. The number of hydrogen-bond donors (Lipinski definition) is 3. The first-order valence-electron chi connectivity index (χ1n) is 4.77. The van der Waals surface area contributed by atoms with E-state index >= 15 is 0 Å². The zero-order chi connectivity index (χ0) is 13.9. The van der Waals surface area contributed by atoms with E-state index in [-0.39, 0.29) is 18.0 Å². The van der Waals surface area contributed by atoms with Gasteiger partial charge in [0.15, 0.2) is 17.4 Å². The van der Waals surface area contributed by atoms with Crippen LogP contribution < -0.4 is 11.1 Å². The SMILES string of the molecule is NC(=S)CCNC(=O)c1cc(F)c(F)c(O)c1F. The van der Waals surface area contributed by atoms with Crippen LogP contribution in [0.1, 0.15) is 16.8 Å². The van der Waals surface area contributed by atoms with E-state index in [2.05, 4.69) is 17.5 Å². The summed E-state index contributed by atoms with van der Waals surface area (Å²) in [6, 6.07) is 0.362. The Hall–Kier alpha value is -1.83. The van der Waals surface area contributed by atoms with Gasteiger partial charge in [0.2, 0.25) is 5.82 Å². The molecule has 0 unspecified atom stereocenters. The average Bonchev–Trinajstić information content (AvgIpc) is 2.30. The summed E-state index contributed by atoms with van der Waals surface area (Å²) in [4.78, 5) is 11.6. The number of aromatic hydroxyl groups is 1. The van der Waals surface area contributed by atoms with Crippen LogP contribution in [0.4, 0.5) is 13.2 Å². The smallest absolute Gasteiger partial charge is 0.254 e. The summed E-state index contributed by atoms with van der Waals surface area (Å²) >= 11 is 4.55. The first-order valence-corrected chi connectivity index (χ1v) is 5.18. The number of phenolic OH excluding ortho intramolecular Hbond substituents is 1. The Kier molecular flexibility index (Phi) is 4.49. The van der Waals surface area contributed by atoms with Gasteiger partial charge in [0.1, 0.15) is 0 Å². The second-order valence-corrected chi connectivity index (χ2v) is 3.88. The number of hydrogen-bond acceptors (Lipinski definition) is 3. The van der Waals surface area contributed by atoms with Gasteiger partial charge in [0.25, 0.3) is 5.91 Å². The Bertz CT molecular complexity index is 508. The van der Waals surface area contributed by atoms with Crippen LogP contribution >= 0.6 is 12.2 Å². The quantitative estimate of drug-likeness (QED) is 0.572. The molecule has 1 rings (SSSR count). The highest BCUT2D eigenvalue weighted by Crippen LogP contribution is 2.25. The lowest BCUT2D eigenvalue weighted by Gasteiger charge is -2.07.